The van der Waals surface area contributed by atoms with Crippen LogP contribution in [0.1, 0.15) is 5.56 Å². The van der Waals surface area contributed by atoms with Gasteiger partial charge in [-0.25, -0.2) is 4.98 Å². The predicted molar refractivity (Wildman–Crippen MR) is 88.5 cm³/mol. The minimum absolute atomic E-state index is 0.179. The third-order valence-electron chi connectivity index (χ3n) is 2.85. The maximum Gasteiger partial charge on any atom is 0.275 e. The molecule has 3 aromatic rings. The van der Waals surface area contributed by atoms with E-state index >= 15 is 0 Å². The van der Waals surface area contributed by atoms with E-state index in [4.69, 9.17) is 11.6 Å². The highest BCUT2D eigenvalue weighted by molar-refractivity contribution is 9.10. The monoisotopic (exact) mass is 384 g/mol. The number of anilines is 1. The first-order valence-corrected chi connectivity index (χ1v) is 8.15. The lowest BCUT2D eigenvalue weighted by atomic mass is 10.1. The van der Waals surface area contributed by atoms with Gasteiger partial charge in [0.15, 0.2) is 0 Å². The zero-order chi connectivity index (χ0) is 14.8. The molecular weight excluding hydrogens is 376 g/mol. The second-order valence-electron chi connectivity index (χ2n) is 4.30. The number of halogens is 2. The summed E-state index contributed by atoms with van der Waals surface area (Å²) in [4.78, 5) is 16.3. The van der Waals surface area contributed by atoms with E-state index in [1.807, 2.05) is 18.2 Å². The summed E-state index contributed by atoms with van der Waals surface area (Å²) >= 11 is 10.8. The standard InChI is InChI=1S/C13H10BrClN4OS/c14-10-2-1-9(15)7-8(10)3-5-16-12-18-19-11(20)4-6-17-13(19)21-12/h1-2,4,6-7H,3,5H2,(H,16,18). The Hall–Kier alpha value is -1.44. The highest BCUT2D eigenvalue weighted by Crippen LogP contribution is 2.22. The Balaban J connectivity index is 1.71. The first kappa shape index (κ1) is 14.5. The quantitative estimate of drug-likeness (QED) is 0.749. The molecule has 2 heterocycles. The van der Waals surface area contributed by atoms with E-state index in [1.165, 1.54) is 28.1 Å². The molecule has 2 aromatic heterocycles. The van der Waals surface area contributed by atoms with E-state index in [9.17, 15) is 4.79 Å². The summed E-state index contributed by atoms with van der Waals surface area (Å²) in [5, 5.41) is 8.78. The maximum absolute atomic E-state index is 11.6. The fourth-order valence-corrected chi connectivity index (χ4v) is 3.29. The Labute approximate surface area is 137 Å². The molecular formula is C13H10BrClN4OS. The van der Waals surface area contributed by atoms with Gasteiger partial charge in [-0.1, -0.05) is 38.9 Å². The van der Waals surface area contributed by atoms with E-state index in [2.05, 4.69) is 31.3 Å². The lowest BCUT2D eigenvalue weighted by Crippen LogP contribution is -2.13. The van der Waals surface area contributed by atoms with Crippen LogP contribution in [0.25, 0.3) is 4.96 Å². The van der Waals surface area contributed by atoms with Crippen molar-refractivity contribution in [2.24, 2.45) is 0 Å². The molecule has 0 unspecified atom stereocenters. The van der Waals surface area contributed by atoms with Crippen molar-refractivity contribution in [2.75, 3.05) is 11.9 Å². The number of hydrogen-bond donors (Lipinski definition) is 1. The van der Waals surface area contributed by atoms with Crippen molar-refractivity contribution in [3.8, 4) is 0 Å². The normalized spacial score (nSPS) is 11.0. The fourth-order valence-electron chi connectivity index (χ4n) is 1.85. The molecule has 0 bridgehead atoms. The number of fused-ring (bicyclic) bond motifs is 1. The Kier molecular flexibility index (Phi) is 4.23. The average Bonchev–Trinajstić information content (AvgIpc) is 2.87. The Morgan fingerprint density at radius 1 is 1.38 bits per heavy atom. The molecule has 0 aliphatic heterocycles. The van der Waals surface area contributed by atoms with Gasteiger partial charge in [0.05, 0.1) is 0 Å². The predicted octanol–water partition coefficient (Wildman–Crippen LogP) is 3.22. The van der Waals surface area contributed by atoms with Gasteiger partial charge in [0, 0.05) is 28.3 Å². The third kappa shape index (κ3) is 3.25. The van der Waals surface area contributed by atoms with Gasteiger partial charge in [-0.2, -0.15) is 4.52 Å². The molecule has 108 valence electrons. The van der Waals surface area contributed by atoms with Crippen molar-refractivity contribution in [3.05, 3.63) is 55.9 Å². The van der Waals surface area contributed by atoms with Gasteiger partial charge >= 0.3 is 0 Å². The lowest BCUT2D eigenvalue weighted by molar-refractivity contribution is 0.891. The van der Waals surface area contributed by atoms with Crippen molar-refractivity contribution in [2.45, 2.75) is 6.42 Å². The highest BCUT2D eigenvalue weighted by Gasteiger charge is 2.06. The van der Waals surface area contributed by atoms with Crippen LogP contribution in [0.4, 0.5) is 5.13 Å². The molecule has 5 nitrogen and oxygen atoms in total. The van der Waals surface area contributed by atoms with Gasteiger partial charge in [0.1, 0.15) is 0 Å². The Morgan fingerprint density at radius 3 is 3.05 bits per heavy atom. The second kappa shape index (κ2) is 6.13. The number of nitrogens with one attached hydrogen (secondary N) is 1. The molecule has 0 aliphatic carbocycles. The van der Waals surface area contributed by atoms with Crippen LogP contribution in [0.15, 0.2) is 39.7 Å². The summed E-state index contributed by atoms with van der Waals surface area (Å²) in [6, 6.07) is 7.09. The molecule has 0 saturated carbocycles. The fraction of sp³-hybridized carbons (Fsp3) is 0.154. The van der Waals surface area contributed by atoms with Gasteiger partial charge in [0.25, 0.3) is 5.56 Å². The summed E-state index contributed by atoms with van der Waals surface area (Å²) < 4.78 is 2.32. The number of nitrogens with zero attached hydrogens (tertiary/aromatic N) is 3. The van der Waals surface area contributed by atoms with Crippen molar-refractivity contribution >= 4 is 49.0 Å². The second-order valence-corrected chi connectivity index (χ2v) is 6.54. The SMILES string of the molecule is O=c1ccnc2sc(NCCc3cc(Cl)ccc3Br)nn12. The van der Waals surface area contributed by atoms with Gasteiger partial charge in [-0.05, 0) is 30.2 Å². The smallest absolute Gasteiger partial charge is 0.275 e. The van der Waals surface area contributed by atoms with Gasteiger partial charge in [-0.15, -0.1) is 5.10 Å². The molecule has 1 aromatic carbocycles. The van der Waals surface area contributed by atoms with Crippen molar-refractivity contribution < 1.29 is 0 Å². The summed E-state index contributed by atoms with van der Waals surface area (Å²) in [6.07, 6.45) is 2.28. The largest absolute Gasteiger partial charge is 0.360 e. The first-order valence-electron chi connectivity index (χ1n) is 6.16. The average molecular weight is 386 g/mol. The molecule has 8 heteroatoms. The van der Waals surface area contributed by atoms with E-state index in [1.54, 1.807) is 0 Å². The Bertz CT molecular complexity index is 848. The molecule has 0 spiro atoms. The summed E-state index contributed by atoms with van der Waals surface area (Å²) in [5.41, 5.74) is 0.938. The van der Waals surface area contributed by atoms with Crippen LogP contribution >= 0.6 is 38.9 Å². The third-order valence-corrected chi connectivity index (χ3v) is 4.74. The summed E-state index contributed by atoms with van der Waals surface area (Å²) in [6.45, 7) is 0.688. The van der Waals surface area contributed by atoms with Crippen LogP contribution in [-0.2, 0) is 6.42 Å². The molecule has 0 amide bonds. The van der Waals surface area contributed by atoms with E-state index in [0.717, 1.165) is 16.5 Å². The molecule has 3 rings (SSSR count). The van der Waals surface area contributed by atoms with Gasteiger partial charge in [-0.3, -0.25) is 4.79 Å². The zero-order valence-corrected chi connectivity index (χ0v) is 13.9. The number of rotatable bonds is 4. The van der Waals surface area contributed by atoms with Crippen molar-refractivity contribution in [1.82, 2.24) is 14.6 Å². The van der Waals surface area contributed by atoms with Crippen LogP contribution in [-0.4, -0.2) is 21.1 Å². The van der Waals surface area contributed by atoms with Crippen molar-refractivity contribution in [1.29, 1.82) is 0 Å². The van der Waals surface area contributed by atoms with Crippen LogP contribution in [0.2, 0.25) is 5.02 Å². The zero-order valence-electron chi connectivity index (χ0n) is 10.7. The topological polar surface area (TPSA) is 59.3 Å². The highest BCUT2D eigenvalue weighted by atomic mass is 79.9. The first-order chi connectivity index (χ1) is 10.1. The van der Waals surface area contributed by atoms with Crippen molar-refractivity contribution in [3.63, 3.8) is 0 Å². The molecule has 0 radical (unpaired) electrons. The maximum atomic E-state index is 11.6. The van der Waals surface area contributed by atoms with Gasteiger partial charge < -0.3 is 5.32 Å². The molecule has 0 atom stereocenters. The minimum atomic E-state index is -0.179. The minimum Gasteiger partial charge on any atom is -0.360 e. The van der Waals surface area contributed by atoms with Crippen LogP contribution in [0, 0.1) is 0 Å². The van der Waals surface area contributed by atoms with Crippen LogP contribution in [0.3, 0.4) is 0 Å². The Morgan fingerprint density at radius 2 is 2.24 bits per heavy atom. The molecule has 0 saturated heterocycles. The number of aromatic nitrogens is 3. The molecule has 0 aliphatic rings. The van der Waals surface area contributed by atoms with Crippen LogP contribution in [0.5, 0.6) is 0 Å². The molecule has 1 N–H and O–H groups in total. The summed E-state index contributed by atoms with van der Waals surface area (Å²) in [7, 11) is 0. The van der Waals surface area contributed by atoms with E-state index in [0.29, 0.717) is 21.7 Å². The van der Waals surface area contributed by atoms with E-state index in [-0.39, 0.29) is 5.56 Å². The molecule has 0 fully saturated rings. The van der Waals surface area contributed by atoms with Gasteiger partial charge in [0.2, 0.25) is 10.1 Å². The summed E-state index contributed by atoms with van der Waals surface area (Å²) in [5.74, 6) is 0. The lowest BCUT2D eigenvalue weighted by Gasteiger charge is -2.05. The van der Waals surface area contributed by atoms with E-state index < -0.39 is 0 Å². The number of hydrogen-bond acceptors (Lipinski definition) is 5. The molecule has 21 heavy (non-hydrogen) atoms. The van der Waals surface area contributed by atoms with Crippen LogP contribution < -0.4 is 10.9 Å². The number of benzene rings is 1.